The van der Waals surface area contributed by atoms with Crippen molar-refractivity contribution < 1.29 is 8.60 Å². The molecule has 3 nitrogen and oxygen atoms in total. The second-order valence-corrected chi connectivity index (χ2v) is 6.00. The molecule has 1 aromatic heterocycles. The van der Waals surface area contributed by atoms with E-state index in [1.165, 1.54) is 12.1 Å². The number of fused-ring (bicyclic) bond motifs is 1. The molecular weight excluding hydrogens is 275 g/mol. The molecular formula is C12H14ClFN2OS. The molecule has 0 fully saturated rings. The van der Waals surface area contributed by atoms with E-state index in [0.29, 0.717) is 17.1 Å². The molecule has 0 amide bonds. The smallest absolute Gasteiger partial charge is 0.125 e. The van der Waals surface area contributed by atoms with E-state index in [1.54, 1.807) is 12.3 Å². The van der Waals surface area contributed by atoms with Crippen LogP contribution < -0.4 is 0 Å². The van der Waals surface area contributed by atoms with Crippen LogP contribution in [-0.4, -0.2) is 25.8 Å². The first-order valence-corrected chi connectivity index (χ1v) is 7.81. The highest BCUT2D eigenvalue weighted by molar-refractivity contribution is 7.84. The molecule has 18 heavy (non-hydrogen) atoms. The van der Waals surface area contributed by atoms with Crippen LogP contribution in [0, 0.1) is 5.82 Å². The minimum absolute atomic E-state index is 0.0139. The lowest BCUT2D eigenvalue weighted by atomic mass is 10.3. The summed E-state index contributed by atoms with van der Waals surface area (Å²) in [5.41, 5.74) is 1.41. The molecule has 0 radical (unpaired) electrons. The molecule has 1 aromatic carbocycles. The van der Waals surface area contributed by atoms with Crippen molar-refractivity contribution in [3.05, 3.63) is 29.8 Å². The number of nitrogens with zero attached hydrogens (tertiary/aromatic N) is 2. The third-order valence-electron chi connectivity index (χ3n) is 2.76. The number of benzene rings is 1. The average Bonchev–Trinajstić information content (AvgIpc) is 2.65. The van der Waals surface area contributed by atoms with Gasteiger partial charge in [0.15, 0.2) is 0 Å². The standard InChI is InChI=1S/C12H14ClFN2OS/c1-8(7-18(2)17)16-11-4-3-9(14)5-10(11)15-12(16)6-13/h3-5,8H,6-7H2,1-2H3. The van der Waals surface area contributed by atoms with E-state index in [4.69, 9.17) is 11.6 Å². The van der Waals surface area contributed by atoms with Gasteiger partial charge in [0.05, 0.1) is 16.9 Å². The highest BCUT2D eigenvalue weighted by Crippen LogP contribution is 2.23. The van der Waals surface area contributed by atoms with Crippen LogP contribution in [0.25, 0.3) is 11.0 Å². The summed E-state index contributed by atoms with van der Waals surface area (Å²) < 4.78 is 26.4. The van der Waals surface area contributed by atoms with Gasteiger partial charge in [0.25, 0.3) is 0 Å². The van der Waals surface area contributed by atoms with Crippen LogP contribution >= 0.6 is 11.6 Å². The Hall–Kier alpha value is -0.940. The van der Waals surface area contributed by atoms with Crippen molar-refractivity contribution in [3.63, 3.8) is 0 Å². The number of hydrogen-bond acceptors (Lipinski definition) is 2. The van der Waals surface area contributed by atoms with Gasteiger partial charge in [-0.2, -0.15) is 0 Å². The molecule has 0 spiro atoms. The topological polar surface area (TPSA) is 34.9 Å². The molecule has 0 aliphatic heterocycles. The van der Waals surface area contributed by atoms with Crippen LogP contribution in [0.4, 0.5) is 4.39 Å². The Kier molecular flexibility index (Phi) is 4.02. The third-order valence-corrected chi connectivity index (χ3v) is 3.95. The van der Waals surface area contributed by atoms with Gasteiger partial charge in [0.2, 0.25) is 0 Å². The first-order chi connectivity index (χ1) is 8.52. The summed E-state index contributed by atoms with van der Waals surface area (Å²) in [6.45, 7) is 1.96. The monoisotopic (exact) mass is 288 g/mol. The van der Waals surface area contributed by atoms with Gasteiger partial charge in [-0.15, -0.1) is 11.6 Å². The summed E-state index contributed by atoms with van der Waals surface area (Å²) in [4.78, 5) is 4.31. The molecule has 0 saturated carbocycles. The summed E-state index contributed by atoms with van der Waals surface area (Å²) in [6.07, 6.45) is 1.66. The molecule has 0 N–H and O–H groups in total. The molecule has 0 aliphatic carbocycles. The Morgan fingerprint density at radius 2 is 2.28 bits per heavy atom. The molecule has 0 saturated heterocycles. The van der Waals surface area contributed by atoms with E-state index in [9.17, 15) is 8.60 Å². The van der Waals surface area contributed by atoms with Crippen molar-refractivity contribution in [1.82, 2.24) is 9.55 Å². The molecule has 2 aromatic rings. The average molecular weight is 289 g/mol. The zero-order valence-electron chi connectivity index (χ0n) is 10.2. The molecule has 98 valence electrons. The number of hydrogen-bond donors (Lipinski definition) is 0. The van der Waals surface area contributed by atoms with Gasteiger partial charge in [-0.05, 0) is 19.1 Å². The third kappa shape index (κ3) is 2.57. The number of imidazole rings is 1. The molecule has 2 unspecified atom stereocenters. The van der Waals surface area contributed by atoms with Crippen molar-refractivity contribution in [1.29, 1.82) is 0 Å². The highest BCUT2D eigenvalue weighted by Gasteiger charge is 2.16. The Morgan fingerprint density at radius 3 is 2.89 bits per heavy atom. The van der Waals surface area contributed by atoms with Crippen LogP contribution in [0.5, 0.6) is 0 Å². The molecule has 0 bridgehead atoms. The lowest BCUT2D eigenvalue weighted by Crippen LogP contribution is -2.15. The summed E-state index contributed by atoms with van der Waals surface area (Å²) >= 11 is 5.87. The van der Waals surface area contributed by atoms with E-state index in [1.807, 2.05) is 11.5 Å². The first-order valence-electron chi connectivity index (χ1n) is 5.55. The molecule has 1 heterocycles. The fourth-order valence-corrected chi connectivity index (χ4v) is 3.14. The summed E-state index contributed by atoms with van der Waals surface area (Å²) in [5.74, 6) is 1.12. The number of rotatable bonds is 4. The SMILES string of the molecule is CC(CS(C)=O)n1c(CCl)nc2cc(F)ccc21. The van der Waals surface area contributed by atoms with E-state index in [-0.39, 0.29) is 17.7 Å². The van der Waals surface area contributed by atoms with Crippen LogP contribution in [0.15, 0.2) is 18.2 Å². The first kappa shape index (κ1) is 13.5. The maximum Gasteiger partial charge on any atom is 0.125 e. The lowest BCUT2D eigenvalue weighted by Gasteiger charge is -2.15. The molecule has 6 heteroatoms. The fraction of sp³-hybridized carbons (Fsp3) is 0.417. The number of halogens is 2. The maximum atomic E-state index is 13.2. The summed E-state index contributed by atoms with van der Waals surface area (Å²) in [6, 6.07) is 4.48. The van der Waals surface area contributed by atoms with E-state index in [2.05, 4.69) is 4.98 Å². The van der Waals surface area contributed by atoms with Gasteiger partial charge in [-0.1, -0.05) is 0 Å². The van der Waals surface area contributed by atoms with Crippen LogP contribution in [0.1, 0.15) is 18.8 Å². The van der Waals surface area contributed by atoms with Gasteiger partial charge in [-0.25, -0.2) is 9.37 Å². The van der Waals surface area contributed by atoms with Crippen LogP contribution in [0.3, 0.4) is 0 Å². The second kappa shape index (κ2) is 5.36. The van der Waals surface area contributed by atoms with Crippen LogP contribution in [0.2, 0.25) is 0 Å². The molecule has 2 atom stereocenters. The molecule has 0 aliphatic rings. The predicted octanol–water partition coefficient (Wildman–Crippen LogP) is 2.85. The van der Waals surface area contributed by atoms with Crippen molar-refractivity contribution in [2.45, 2.75) is 18.8 Å². The maximum absolute atomic E-state index is 13.2. The van der Waals surface area contributed by atoms with Gasteiger partial charge in [-0.3, -0.25) is 4.21 Å². The number of aromatic nitrogens is 2. The van der Waals surface area contributed by atoms with Crippen molar-refractivity contribution in [3.8, 4) is 0 Å². The second-order valence-electron chi connectivity index (χ2n) is 4.25. The van der Waals surface area contributed by atoms with Gasteiger partial charge in [0, 0.05) is 34.9 Å². The summed E-state index contributed by atoms with van der Waals surface area (Å²) in [5, 5.41) is 0. The molecule has 2 rings (SSSR count). The quantitative estimate of drug-likeness (QED) is 0.811. The lowest BCUT2D eigenvalue weighted by molar-refractivity contribution is 0.593. The number of alkyl halides is 1. The minimum atomic E-state index is -0.904. The minimum Gasteiger partial charge on any atom is -0.323 e. The zero-order valence-corrected chi connectivity index (χ0v) is 11.8. The van der Waals surface area contributed by atoms with E-state index in [0.717, 1.165) is 5.52 Å². The van der Waals surface area contributed by atoms with Gasteiger partial charge < -0.3 is 4.57 Å². The Bertz CT molecular complexity index is 599. The van der Waals surface area contributed by atoms with Gasteiger partial charge in [0.1, 0.15) is 11.6 Å². The van der Waals surface area contributed by atoms with Crippen molar-refractivity contribution in [2.75, 3.05) is 12.0 Å². The van der Waals surface area contributed by atoms with E-state index < -0.39 is 10.8 Å². The van der Waals surface area contributed by atoms with Crippen LogP contribution in [-0.2, 0) is 16.7 Å². The predicted molar refractivity (Wildman–Crippen MR) is 72.9 cm³/mol. The Labute approximate surface area is 112 Å². The Balaban J connectivity index is 2.56. The van der Waals surface area contributed by atoms with Gasteiger partial charge >= 0.3 is 0 Å². The Morgan fingerprint density at radius 1 is 1.56 bits per heavy atom. The van der Waals surface area contributed by atoms with E-state index >= 15 is 0 Å². The largest absolute Gasteiger partial charge is 0.323 e. The fourth-order valence-electron chi connectivity index (χ4n) is 2.12. The zero-order chi connectivity index (χ0) is 13.3. The van der Waals surface area contributed by atoms with Crippen molar-refractivity contribution in [2.24, 2.45) is 0 Å². The summed E-state index contributed by atoms with van der Waals surface area (Å²) in [7, 11) is -0.904. The normalized spacial score (nSPS) is 14.9. The van der Waals surface area contributed by atoms with Crippen molar-refractivity contribution >= 4 is 33.4 Å². The highest BCUT2D eigenvalue weighted by atomic mass is 35.5.